The number of alkyl halides is 1. The monoisotopic (exact) mass is 225 g/mol. The van der Waals surface area contributed by atoms with Gasteiger partial charge in [-0.3, -0.25) is 0 Å². The van der Waals surface area contributed by atoms with Crippen LogP contribution in [0.4, 0.5) is 8.78 Å². The zero-order chi connectivity index (χ0) is 11.6. The van der Waals surface area contributed by atoms with Crippen LogP contribution >= 0.6 is 0 Å². The maximum absolute atomic E-state index is 14.2. The minimum Gasteiger partial charge on any atom is -0.314 e. The first-order valence-corrected chi connectivity index (χ1v) is 5.72. The first kappa shape index (κ1) is 11.5. The van der Waals surface area contributed by atoms with E-state index >= 15 is 0 Å². The van der Waals surface area contributed by atoms with E-state index in [-0.39, 0.29) is 11.7 Å². The topological polar surface area (TPSA) is 12.0 Å². The molecule has 1 aromatic carbocycles. The van der Waals surface area contributed by atoms with Crippen LogP contribution in [0.2, 0.25) is 0 Å². The number of halogens is 2. The van der Waals surface area contributed by atoms with Crippen molar-refractivity contribution in [3.63, 3.8) is 0 Å². The molecule has 0 amide bonds. The summed E-state index contributed by atoms with van der Waals surface area (Å²) >= 11 is 0. The summed E-state index contributed by atoms with van der Waals surface area (Å²) in [6.45, 7) is 2.79. The molecule has 0 radical (unpaired) electrons. The van der Waals surface area contributed by atoms with Crippen molar-refractivity contribution in [1.82, 2.24) is 5.32 Å². The van der Waals surface area contributed by atoms with Gasteiger partial charge in [-0.25, -0.2) is 8.78 Å². The molecule has 16 heavy (non-hydrogen) atoms. The highest BCUT2D eigenvalue weighted by atomic mass is 19.1. The molecule has 1 aliphatic rings. The van der Waals surface area contributed by atoms with Gasteiger partial charge in [0.25, 0.3) is 0 Å². The lowest BCUT2D eigenvalue weighted by molar-refractivity contribution is 0.0707. The van der Waals surface area contributed by atoms with Crippen molar-refractivity contribution in [2.45, 2.75) is 25.4 Å². The van der Waals surface area contributed by atoms with E-state index in [0.29, 0.717) is 18.5 Å². The van der Waals surface area contributed by atoms with Gasteiger partial charge in [0, 0.05) is 6.54 Å². The first-order chi connectivity index (χ1) is 7.59. The SMILES string of the molecule is CC1(F)CNCCC1Cc1ccccc1F. The van der Waals surface area contributed by atoms with Crippen LogP contribution in [0.1, 0.15) is 18.9 Å². The van der Waals surface area contributed by atoms with Crippen LogP contribution in [0.25, 0.3) is 0 Å². The Hall–Kier alpha value is -0.960. The summed E-state index contributed by atoms with van der Waals surface area (Å²) < 4.78 is 27.6. The molecular weight excluding hydrogens is 208 g/mol. The normalized spacial score (nSPS) is 30.3. The molecule has 2 atom stereocenters. The van der Waals surface area contributed by atoms with E-state index in [1.165, 1.54) is 6.07 Å². The summed E-state index contributed by atoms with van der Waals surface area (Å²) in [7, 11) is 0. The number of nitrogens with one attached hydrogen (secondary N) is 1. The van der Waals surface area contributed by atoms with Crippen molar-refractivity contribution in [2.75, 3.05) is 13.1 Å². The smallest absolute Gasteiger partial charge is 0.126 e. The number of rotatable bonds is 2. The van der Waals surface area contributed by atoms with Crippen molar-refractivity contribution in [2.24, 2.45) is 5.92 Å². The van der Waals surface area contributed by atoms with Crippen LogP contribution in [0.15, 0.2) is 24.3 Å². The second kappa shape index (κ2) is 4.50. The third kappa shape index (κ3) is 2.40. The number of benzene rings is 1. The molecule has 0 bridgehead atoms. The predicted molar refractivity (Wildman–Crippen MR) is 60.6 cm³/mol. The van der Waals surface area contributed by atoms with E-state index in [1.54, 1.807) is 25.1 Å². The van der Waals surface area contributed by atoms with Crippen LogP contribution in [0, 0.1) is 11.7 Å². The quantitative estimate of drug-likeness (QED) is 0.816. The van der Waals surface area contributed by atoms with E-state index < -0.39 is 5.67 Å². The fraction of sp³-hybridized carbons (Fsp3) is 0.538. The van der Waals surface area contributed by atoms with Crippen LogP contribution < -0.4 is 5.32 Å². The minimum absolute atomic E-state index is 0.0920. The molecule has 88 valence electrons. The maximum atomic E-state index is 14.2. The molecule has 0 aromatic heterocycles. The van der Waals surface area contributed by atoms with Gasteiger partial charge < -0.3 is 5.32 Å². The largest absolute Gasteiger partial charge is 0.314 e. The lowest BCUT2D eigenvalue weighted by Crippen LogP contribution is -2.47. The Morgan fingerprint density at radius 1 is 1.44 bits per heavy atom. The second-order valence-corrected chi connectivity index (χ2v) is 4.74. The van der Waals surface area contributed by atoms with Gasteiger partial charge in [0.05, 0.1) is 0 Å². The molecule has 3 heteroatoms. The lowest BCUT2D eigenvalue weighted by atomic mass is 9.81. The fourth-order valence-corrected chi connectivity index (χ4v) is 2.30. The predicted octanol–water partition coefficient (Wildman–Crippen LogP) is 2.71. The number of hydrogen-bond donors (Lipinski definition) is 1. The van der Waals surface area contributed by atoms with Gasteiger partial charge in [-0.05, 0) is 43.9 Å². The van der Waals surface area contributed by atoms with Gasteiger partial charge >= 0.3 is 0 Å². The average Bonchev–Trinajstić information content (AvgIpc) is 2.24. The van der Waals surface area contributed by atoms with Crippen molar-refractivity contribution in [1.29, 1.82) is 0 Å². The molecule has 2 unspecified atom stereocenters. The average molecular weight is 225 g/mol. The molecule has 1 aliphatic heterocycles. The second-order valence-electron chi connectivity index (χ2n) is 4.74. The summed E-state index contributed by atoms with van der Waals surface area (Å²) in [6, 6.07) is 6.64. The Labute approximate surface area is 94.9 Å². The fourth-order valence-electron chi connectivity index (χ4n) is 2.30. The summed E-state index contributed by atoms with van der Waals surface area (Å²) in [5, 5.41) is 3.04. The molecule has 2 rings (SSSR count). The third-order valence-electron chi connectivity index (χ3n) is 3.42. The van der Waals surface area contributed by atoms with E-state index in [9.17, 15) is 8.78 Å². The van der Waals surface area contributed by atoms with Gasteiger partial charge in [-0.15, -0.1) is 0 Å². The highest BCUT2D eigenvalue weighted by Crippen LogP contribution is 2.30. The first-order valence-electron chi connectivity index (χ1n) is 5.72. The lowest BCUT2D eigenvalue weighted by Gasteiger charge is -2.35. The summed E-state index contributed by atoms with van der Waals surface area (Å²) in [4.78, 5) is 0. The van der Waals surface area contributed by atoms with E-state index in [2.05, 4.69) is 5.32 Å². The van der Waals surface area contributed by atoms with Gasteiger partial charge in [0.15, 0.2) is 0 Å². The zero-order valence-corrected chi connectivity index (χ0v) is 9.47. The van der Waals surface area contributed by atoms with Crippen LogP contribution in [0.5, 0.6) is 0 Å². The third-order valence-corrected chi connectivity index (χ3v) is 3.42. The Morgan fingerprint density at radius 3 is 2.88 bits per heavy atom. The Kier molecular flexibility index (Phi) is 3.24. The van der Waals surface area contributed by atoms with Crippen molar-refractivity contribution >= 4 is 0 Å². The van der Waals surface area contributed by atoms with Crippen molar-refractivity contribution in [3.8, 4) is 0 Å². The van der Waals surface area contributed by atoms with Crippen LogP contribution in [0.3, 0.4) is 0 Å². The Bertz CT molecular complexity index is 363. The molecule has 1 nitrogen and oxygen atoms in total. The maximum Gasteiger partial charge on any atom is 0.126 e. The number of hydrogen-bond acceptors (Lipinski definition) is 1. The van der Waals surface area contributed by atoms with E-state index in [0.717, 1.165) is 13.0 Å². The molecule has 0 aliphatic carbocycles. The molecule has 1 N–H and O–H groups in total. The minimum atomic E-state index is -1.24. The van der Waals surface area contributed by atoms with Crippen LogP contribution in [-0.2, 0) is 6.42 Å². The van der Waals surface area contributed by atoms with Gasteiger partial charge in [-0.2, -0.15) is 0 Å². The molecule has 1 heterocycles. The molecule has 0 spiro atoms. The Morgan fingerprint density at radius 2 is 2.19 bits per heavy atom. The van der Waals surface area contributed by atoms with Gasteiger partial charge in [-0.1, -0.05) is 18.2 Å². The molecule has 0 saturated carbocycles. The van der Waals surface area contributed by atoms with E-state index in [1.807, 2.05) is 0 Å². The number of piperidine rings is 1. The highest BCUT2D eigenvalue weighted by Gasteiger charge is 2.36. The summed E-state index contributed by atoms with van der Waals surface area (Å²) in [5.41, 5.74) is -0.612. The van der Waals surface area contributed by atoms with E-state index in [4.69, 9.17) is 0 Å². The zero-order valence-electron chi connectivity index (χ0n) is 9.47. The molecule has 1 saturated heterocycles. The van der Waals surface area contributed by atoms with Crippen LogP contribution in [-0.4, -0.2) is 18.8 Å². The van der Waals surface area contributed by atoms with Crippen molar-refractivity contribution in [3.05, 3.63) is 35.6 Å². The van der Waals surface area contributed by atoms with Gasteiger partial charge in [0.2, 0.25) is 0 Å². The molecule has 1 fully saturated rings. The van der Waals surface area contributed by atoms with Gasteiger partial charge in [0.1, 0.15) is 11.5 Å². The molecule has 1 aromatic rings. The Balaban J connectivity index is 2.12. The molecular formula is C13H17F2N. The summed E-state index contributed by atoms with van der Waals surface area (Å²) in [5.74, 6) is -0.317. The standard InChI is InChI=1S/C13H17F2N/c1-13(15)9-16-7-6-11(13)8-10-4-2-3-5-12(10)14/h2-5,11,16H,6-9H2,1H3. The highest BCUT2D eigenvalue weighted by molar-refractivity contribution is 5.18. The van der Waals surface area contributed by atoms with Crippen molar-refractivity contribution < 1.29 is 8.78 Å². The summed E-state index contributed by atoms with van der Waals surface area (Å²) in [6.07, 6.45) is 1.25.